The van der Waals surface area contributed by atoms with Crippen molar-refractivity contribution in [3.05, 3.63) is 22.4 Å². The van der Waals surface area contributed by atoms with Gasteiger partial charge in [-0.25, -0.2) is 4.98 Å². The van der Waals surface area contributed by atoms with Gasteiger partial charge in [0.05, 0.1) is 11.7 Å². The first-order chi connectivity index (χ1) is 10.1. The molecular weight excluding hydrogens is 316 g/mol. The molecule has 0 saturated heterocycles. The van der Waals surface area contributed by atoms with E-state index < -0.39 is 5.97 Å². The second-order valence-corrected chi connectivity index (χ2v) is 6.18. The van der Waals surface area contributed by atoms with Crippen molar-refractivity contribution in [2.24, 2.45) is 0 Å². The van der Waals surface area contributed by atoms with Crippen molar-refractivity contribution in [2.45, 2.75) is 17.5 Å². The summed E-state index contributed by atoms with van der Waals surface area (Å²) in [6, 6.07) is 0. The van der Waals surface area contributed by atoms with Crippen LogP contribution in [0.15, 0.2) is 20.7 Å². The van der Waals surface area contributed by atoms with E-state index in [2.05, 4.69) is 15.1 Å². The van der Waals surface area contributed by atoms with Gasteiger partial charge in [-0.05, 0) is 0 Å². The van der Waals surface area contributed by atoms with Crippen LogP contribution in [0.25, 0.3) is 11.4 Å². The number of hydrogen-bond donors (Lipinski definition) is 0. The largest absolute Gasteiger partial charge is 0.549 e. The van der Waals surface area contributed by atoms with Gasteiger partial charge in [0.1, 0.15) is 5.56 Å². The smallest absolute Gasteiger partial charge is 0.265 e. The Balaban J connectivity index is 1.80. The Hall–Kier alpha value is -1.81. The van der Waals surface area contributed by atoms with Gasteiger partial charge in [0.25, 0.3) is 5.56 Å². The lowest BCUT2D eigenvalue weighted by molar-refractivity contribution is -0.301. The summed E-state index contributed by atoms with van der Waals surface area (Å²) in [5.74, 6) is 0.190. The lowest BCUT2D eigenvalue weighted by Gasteiger charge is -2.01. The summed E-state index contributed by atoms with van der Waals surface area (Å²) < 4.78 is 6.58. The van der Waals surface area contributed by atoms with Crippen LogP contribution in [-0.4, -0.2) is 37.2 Å². The fourth-order valence-corrected chi connectivity index (χ4v) is 3.29. The zero-order chi connectivity index (χ0) is 14.8. The van der Waals surface area contributed by atoms with E-state index in [-0.39, 0.29) is 34.3 Å². The number of aliphatic carboxylic acids is 1. The summed E-state index contributed by atoms with van der Waals surface area (Å²) in [4.78, 5) is 30.9. The van der Waals surface area contributed by atoms with Crippen LogP contribution in [0.5, 0.6) is 0 Å². The summed E-state index contributed by atoms with van der Waals surface area (Å²) in [5, 5.41) is 14.8. The van der Waals surface area contributed by atoms with E-state index in [4.69, 9.17) is 4.52 Å². The molecule has 1 aliphatic rings. The molecule has 0 bridgehead atoms. The lowest BCUT2D eigenvalue weighted by Crippen LogP contribution is -2.24. The van der Waals surface area contributed by atoms with Crippen molar-refractivity contribution < 1.29 is 14.4 Å². The maximum absolute atomic E-state index is 12.3. The van der Waals surface area contributed by atoms with E-state index >= 15 is 0 Å². The third-order valence-corrected chi connectivity index (χ3v) is 4.57. The minimum atomic E-state index is -1.15. The quantitative estimate of drug-likeness (QED) is 0.663. The van der Waals surface area contributed by atoms with Crippen LogP contribution in [0.2, 0.25) is 0 Å². The number of nitrogens with zero attached hydrogens (tertiary/aromatic N) is 4. The van der Waals surface area contributed by atoms with Crippen molar-refractivity contribution in [3.63, 3.8) is 0 Å². The van der Waals surface area contributed by atoms with E-state index in [0.29, 0.717) is 11.7 Å². The van der Waals surface area contributed by atoms with E-state index in [1.54, 1.807) is 4.57 Å². The molecule has 110 valence electrons. The predicted octanol–water partition coefficient (Wildman–Crippen LogP) is -0.618. The highest BCUT2D eigenvalue weighted by Gasteiger charge is 2.19. The zero-order valence-electron chi connectivity index (χ0n) is 10.6. The number of thioether (sulfide) groups is 2. The van der Waals surface area contributed by atoms with Crippen molar-refractivity contribution in [1.82, 2.24) is 19.7 Å². The van der Waals surface area contributed by atoms with Crippen LogP contribution in [0, 0.1) is 0 Å². The summed E-state index contributed by atoms with van der Waals surface area (Å²) in [6.45, 7) is 0.617. The molecule has 0 amide bonds. The molecule has 0 radical (unpaired) electrons. The van der Waals surface area contributed by atoms with Crippen molar-refractivity contribution in [2.75, 3.05) is 11.5 Å². The highest BCUT2D eigenvalue weighted by molar-refractivity contribution is 7.99. The molecule has 0 aromatic carbocycles. The number of carboxylic acids is 1. The first-order valence-electron chi connectivity index (χ1n) is 5.98. The summed E-state index contributed by atoms with van der Waals surface area (Å²) in [5.41, 5.74) is 0.0842. The number of rotatable bonds is 5. The molecule has 0 fully saturated rings. The SMILES string of the molecule is O=C([O-])CSCc1nc(-c2cnc3n(c2=O)CCS3)no1. The molecule has 8 nitrogen and oxygen atoms in total. The Morgan fingerprint density at radius 2 is 2.43 bits per heavy atom. The number of carbonyl (C=O) groups excluding carboxylic acids is 1. The van der Waals surface area contributed by atoms with Crippen LogP contribution in [0.4, 0.5) is 0 Å². The normalized spacial score (nSPS) is 13.3. The molecule has 0 saturated carbocycles. The molecule has 2 aromatic rings. The molecule has 0 spiro atoms. The fourth-order valence-electron chi connectivity index (χ4n) is 1.82. The molecule has 0 N–H and O–H groups in total. The first-order valence-corrected chi connectivity index (χ1v) is 8.12. The summed E-state index contributed by atoms with van der Waals surface area (Å²) in [6.07, 6.45) is 1.44. The maximum atomic E-state index is 12.3. The number of fused-ring (bicyclic) bond motifs is 1. The summed E-state index contributed by atoms with van der Waals surface area (Å²) in [7, 11) is 0. The molecule has 21 heavy (non-hydrogen) atoms. The van der Waals surface area contributed by atoms with E-state index in [0.717, 1.165) is 17.5 Å². The molecule has 10 heteroatoms. The Morgan fingerprint density at radius 1 is 1.57 bits per heavy atom. The van der Waals surface area contributed by atoms with Crippen molar-refractivity contribution >= 4 is 29.5 Å². The zero-order valence-corrected chi connectivity index (χ0v) is 12.3. The summed E-state index contributed by atoms with van der Waals surface area (Å²) >= 11 is 2.61. The Bertz CT molecular complexity index is 742. The van der Waals surface area contributed by atoms with Crippen LogP contribution in [0.3, 0.4) is 0 Å². The van der Waals surface area contributed by atoms with E-state index in [1.165, 1.54) is 18.0 Å². The topological polar surface area (TPSA) is 114 Å². The molecule has 3 heterocycles. The van der Waals surface area contributed by atoms with Gasteiger partial charge in [-0.15, -0.1) is 11.8 Å². The highest BCUT2D eigenvalue weighted by Crippen LogP contribution is 2.22. The number of carboxylic acid groups (broad SMARTS) is 1. The number of hydrogen-bond acceptors (Lipinski definition) is 9. The molecule has 2 aromatic heterocycles. The number of carbonyl (C=O) groups is 1. The van der Waals surface area contributed by atoms with Gasteiger partial charge in [0.2, 0.25) is 11.7 Å². The molecule has 0 unspecified atom stereocenters. The second kappa shape index (κ2) is 5.90. The van der Waals surface area contributed by atoms with Gasteiger partial charge in [0.15, 0.2) is 5.16 Å². The Morgan fingerprint density at radius 3 is 3.24 bits per heavy atom. The minimum Gasteiger partial charge on any atom is -0.549 e. The lowest BCUT2D eigenvalue weighted by atomic mass is 10.3. The molecular formula is C11H9N4O4S2-. The third-order valence-electron chi connectivity index (χ3n) is 2.71. The van der Waals surface area contributed by atoms with Gasteiger partial charge in [0, 0.05) is 24.2 Å². The van der Waals surface area contributed by atoms with Crippen LogP contribution >= 0.6 is 23.5 Å². The molecule has 1 aliphatic heterocycles. The van der Waals surface area contributed by atoms with Crippen LogP contribution in [-0.2, 0) is 17.1 Å². The van der Waals surface area contributed by atoms with Gasteiger partial charge in [-0.2, -0.15) is 4.98 Å². The van der Waals surface area contributed by atoms with Gasteiger partial charge < -0.3 is 14.4 Å². The minimum absolute atomic E-state index is 0.155. The average Bonchev–Trinajstić information content (AvgIpc) is 3.08. The average molecular weight is 325 g/mol. The van der Waals surface area contributed by atoms with Crippen molar-refractivity contribution in [3.8, 4) is 11.4 Å². The van der Waals surface area contributed by atoms with Gasteiger partial charge >= 0.3 is 0 Å². The molecule has 0 aliphatic carbocycles. The monoisotopic (exact) mass is 325 g/mol. The van der Waals surface area contributed by atoms with Crippen LogP contribution < -0.4 is 10.7 Å². The standard InChI is InChI=1S/C11H10N4O4S2/c16-8(17)5-20-4-7-13-9(14-19-7)6-3-12-11-15(10(6)18)1-2-21-11/h3H,1-2,4-5H2,(H,16,17)/p-1. The van der Waals surface area contributed by atoms with Gasteiger partial charge in [-0.1, -0.05) is 16.9 Å². The molecule has 0 atom stereocenters. The number of aromatic nitrogens is 4. The van der Waals surface area contributed by atoms with E-state index in [9.17, 15) is 14.7 Å². The Kier molecular flexibility index (Phi) is 3.97. The van der Waals surface area contributed by atoms with Crippen LogP contribution in [0.1, 0.15) is 5.89 Å². The third kappa shape index (κ3) is 2.95. The maximum Gasteiger partial charge on any atom is 0.265 e. The van der Waals surface area contributed by atoms with E-state index in [1.807, 2.05) is 0 Å². The first kappa shape index (κ1) is 14.1. The van der Waals surface area contributed by atoms with Gasteiger partial charge in [-0.3, -0.25) is 9.36 Å². The predicted molar refractivity (Wildman–Crippen MR) is 73.7 cm³/mol. The second-order valence-electron chi connectivity index (χ2n) is 4.14. The van der Waals surface area contributed by atoms with Crippen molar-refractivity contribution in [1.29, 1.82) is 0 Å². The fraction of sp³-hybridized carbons (Fsp3) is 0.364. The highest BCUT2D eigenvalue weighted by atomic mass is 32.2. The Labute approximate surface area is 127 Å². The molecule has 3 rings (SSSR count).